The monoisotopic (exact) mass is 305 g/mol. The van der Waals surface area contributed by atoms with Crippen LogP contribution in [0, 0.1) is 11.8 Å². The Morgan fingerprint density at radius 1 is 0.900 bits per heavy atom. The van der Waals surface area contributed by atoms with Crippen LogP contribution in [0.4, 0.5) is 0 Å². The Hall–Kier alpha value is -0.810. The van der Waals surface area contributed by atoms with Gasteiger partial charge in [0.05, 0.1) is 5.92 Å². The van der Waals surface area contributed by atoms with Crippen molar-refractivity contribution in [3.8, 4) is 0 Å². The second-order valence-electron chi connectivity index (χ2n) is 5.81. The number of amides is 2. The molecule has 2 unspecified atom stereocenters. The SMILES string of the molecule is CC(C)C(=O)N1CCCN(C(=O)C(C)C(C)N)CC1.Cl. The molecule has 2 amide bonds. The van der Waals surface area contributed by atoms with Crippen LogP contribution in [0.3, 0.4) is 0 Å². The Bertz CT molecular complexity index is 334. The summed E-state index contributed by atoms with van der Waals surface area (Å²) in [5, 5.41) is 0. The van der Waals surface area contributed by atoms with Crippen LogP contribution in [0.25, 0.3) is 0 Å². The Labute approximate surface area is 128 Å². The van der Waals surface area contributed by atoms with Gasteiger partial charge in [-0.3, -0.25) is 9.59 Å². The van der Waals surface area contributed by atoms with E-state index in [1.807, 2.05) is 37.5 Å². The molecule has 1 aliphatic heterocycles. The van der Waals surface area contributed by atoms with E-state index in [-0.39, 0.29) is 42.1 Å². The average molecular weight is 306 g/mol. The fourth-order valence-corrected chi connectivity index (χ4v) is 2.24. The van der Waals surface area contributed by atoms with Gasteiger partial charge >= 0.3 is 0 Å². The van der Waals surface area contributed by atoms with Gasteiger partial charge in [0.25, 0.3) is 0 Å². The summed E-state index contributed by atoms with van der Waals surface area (Å²) in [7, 11) is 0. The molecule has 1 fully saturated rings. The minimum absolute atomic E-state index is 0. The van der Waals surface area contributed by atoms with Crippen molar-refractivity contribution in [3.05, 3.63) is 0 Å². The fraction of sp³-hybridized carbons (Fsp3) is 0.857. The standard InChI is InChI=1S/C14H27N3O2.ClH/c1-10(2)13(18)16-6-5-7-17(9-8-16)14(19)11(3)12(4)15;/h10-12H,5-9,15H2,1-4H3;1H. The first-order valence-corrected chi connectivity index (χ1v) is 7.17. The molecular weight excluding hydrogens is 278 g/mol. The summed E-state index contributed by atoms with van der Waals surface area (Å²) in [4.78, 5) is 27.9. The van der Waals surface area contributed by atoms with E-state index in [0.29, 0.717) is 13.1 Å². The molecule has 20 heavy (non-hydrogen) atoms. The minimum atomic E-state index is -0.160. The van der Waals surface area contributed by atoms with Gasteiger partial charge < -0.3 is 15.5 Å². The lowest BCUT2D eigenvalue weighted by atomic mass is 10.0. The maximum absolute atomic E-state index is 12.2. The zero-order chi connectivity index (χ0) is 14.6. The summed E-state index contributed by atoms with van der Waals surface area (Å²) in [6.45, 7) is 10.3. The molecule has 2 N–H and O–H groups in total. The second kappa shape index (κ2) is 8.47. The van der Waals surface area contributed by atoms with Crippen molar-refractivity contribution in [1.82, 2.24) is 9.80 Å². The molecular formula is C14H28ClN3O2. The van der Waals surface area contributed by atoms with E-state index in [0.717, 1.165) is 19.5 Å². The molecule has 0 saturated carbocycles. The third-order valence-corrected chi connectivity index (χ3v) is 3.79. The summed E-state index contributed by atoms with van der Waals surface area (Å²) >= 11 is 0. The van der Waals surface area contributed by atoms with Gasteiger partial charge in [0.15, 0.2) is 0 Å². The van der Waals surface area contributed by atoms with E-state index >= 15 is 0 Å². The average Bonchev–Trinajstić information content (AvgIpc) is 2.61. The third-order valence-electron chi connectivity index (χ3n) is 3.79. The van der Waals surface area contributed by atoms with E-state index < -0.39 is 0 Å². The van der Waals surface area contributed by atoms with E-state index in [4.69, 9.17) is 5.73 Å². The first-order chi connectivity index (χ1) is 8.84. The van der Waals surface area contributed by atoms with Gasteiger partial charge in [-0.15, -0.1) is 12.4 Å². The molecule has 1 heterocycles. The zero-order valence-corrected chi connectivity index (χ0v) is 13.8. The van der Waals surface area contributed by atoms with Crippen LogP contribution in [0.1, 0.15) is 34.1 Å². The summed E-state index contributed by atoms with van der Waals surface area (Å²) in [6, 6.07) is -0.135. The molecule has 0 spiro atoms. The number of hydrogen-bond donors (Lipinski definition) is 1. The molecule has 1 saturated heterocycles. The highest BCUT2D eigenvalue weighted by Crippen LogP contribution is 2.12. The van der Waals surface area contributed by atoms with Crippen molar-refractivity contribution in [3.63, 3.8) is 0 Å². The van der Waals surface area contributed by atoms with Gasteiger partial charge in [0.1, 0.15) is 0 Å². The van der Waals surface area contributed by atoms with Crippen LogP contribution in [0.2, 0.25) is 0 Å². The normalized spacial score (nSPS) is 19.1. The van der Waals surface area contributed by atoms with Crippen molar-refractivity contribution in [1.29, 1.82) is 0 Å². The van der Waals surface area contributed by atoms with Gasteiger partial charge in [-0.05, 0) is 13.3 Å². The molecule has 5 nitrogen and oxygen atoms in total. The molecule has 2 atom stereocenters. The molecule has 118 valence electrons. The summed E-state index contributed by atoms with van der Waals surface area (Å²) in [5.74, 6) is 0.140. The lowest BCUT2D eigenvalue weighted by Crippen LogP contribution is -2.44. The highest BCUT2D eigenvalue weighted by molar-refractivity contribution is 5.85. The maximum Gasteiger partial charge on any atom is 0.227 e. The Kier molecular flexibility index (Phi) is 8.13. The highest BCUT2D eigenvalue weighted by Gasteiger charge is 2.27. The van der Waals surface area contributed by atoms with Crippen LogP contribution in [-0.4, -0.2) is 53.8 Å². The molecule has 1 rings (SSSR count). The van der Waals surface area contributed by atoms with Gasteiger partial charge in [-0.2, -0.15) is 0 Å². The van der Waals surface area contributed by atoms with E-state index in [9.17, 15) is 9.59 Å². The molecule has 1 aliphatic rings. The first kappa shape index (κ1) is 19.2. The Morgan fingerprint density at radius 2 is 1.35 bits per heavy atom. The lowest BCUT2D eigenvalue weighted by molar-refractivity contribution is -0.137. The van der Waals surface area contributed by atoms with Crippen molar-refractivity contribution in [2.24, 2.45) is 17.6 Å². The fourth-order valence-electron chi connectivity index (χ4n) is 2.24. The molecule has 0 aromatic rings. The number of rotatable bonds is 3. The summed E-state index contributed by atoms with van der Waals surface area (Å²) < 4.78 is 0. The number of hydrogen-bond acceptors (Lipinski definition) is 3. The van der Waals surface area contributed by atoms with E-state index in [1.165, 1.54) is 0 Å². The Morgan fingerprint density at radius 3 is 1.75 bits per heavy atom. The number of halogens is 1. The molecule has 0 radical (unpaired) electrons. The largest absolute Gasteiger partial charge is 0.341 e. The highest BCUT2D eigenvalue weighted by atomic mass is 35.5. The van der Waals surface area contributed by atoms with Crippen molar-refractivity contribution < 1.29 is 9.59 Å². The van der Waals surface area contributed by atoms with Crippen molar-refractivity contribution >= 4 is 24.2 Å². The predicted molar refractivity (Wildman–Crippen MR) is 82.7 cm³/mol. The second-order valence-corrected chi connectivity index (χ2v) is 5.81. The van der Waals surface area contributed by atoms with Crippen LogP contribution in [-0.2, 0) is 9.59 Å². The summed E-state index contributed by atoms with van der Waals surface area (Å²) in [5.41, 5.74) is 5.79. The Balaban J connectivity index is 0.00000361. The molecule has 0 aliphatic carbocycles. The van der Waals surface area contributed by atoms with Crippen LogP contribution < -0.4 is 5.73 Å². The van der Waals surface area contributed by atoms with Crippen LogP contribution in [0.5, 0.6) is 0 Å². The zero-order valence-electron chi connectivity index (χ0n) is 13.0. The van der Waals surface area contributed by atoms with Gasteiger partial charge in [-0.1, -0.05) is 20.8 Å². The van der Waals surface area contributed by atoms with E-state index in [2.05, 4.69) is 0 Å². The molecule has 0 aromatic carbocycles. The number of carbonyl (C=O) groups is 2. The van der Waals surface area contributed by atoms with Gasteiger partial charge in [0, 0.05) is 38.1 Å². The smallest absolute Gasteiger partial charge is 0.227 e. The van der Waals surface area contributed by atoms with Crippen molar-refractivity contribution in [2.45, 2.75) is 40.2 Å². The minimum Gasteiger partial charge on any atom is -0.341 e. The summed E-state index contributed by atoms with van der Waals surface area (Å²) in [6.07, 6.45) is 0.843. The predicted octanol–water partition coefficient (Wildman–Crippen LogP) is 1.11. The molecule has 0 bridgehead atoms. The lowest BCUT2D eigenvalue weighted by Gasteiger charge is -2.26. The number of carbonyl (C=O) groups excluding carboxylic acids is 2. The van der Waals surface area contributed by atoms with Crippen LogP contribution >= 0.6 is 12.4 Å². The first-order valence-electron chi connectivity index (χ1n) is 7.17. The quantitative estimate of drug-likeness (QED) is 0.849. The molecule has 0 aromatic heterocycles. The number of nitrogens with two attached hydrogens (primary N) is 1. The third kappa shape index (κ3) is 4.94. The van der Waals surface area contributed by atoms with Gasteiger partial charge in [0.2, 0.25) is 11.8 Å². The topological polar surface area (TPSA) is 66.6 Å². The maximum atomic E-state index is 12.2. The number of nitrogens with zero attached hydrogens (tertiary/aromatic N) is 2. The van der Waals surface area contributed by atoms with E-state index in [1.54, 1.807) is 0 Å². The van der Waals surface area contributed by atoms with Gasteiger partial charge in [-0.25, -0.2) is 0 Å². The van der Waals surface area contributed by atoms with Crippen molar-refractivity contribution in [2.75, 3.05) is 26.2 Å². The van der Waals surface area contributed by atoms with Crippen LogP contribution in [0.15, 0.2) is 0 Å². The molecule has 6 heteroatoms.